The first-order valence-electron chi connectivity index (χ1n) is 8.15. The Balaban J connectivity index is 1.77. The number of aryl methyl sites for hydroxylation is 2. The largest absolute Gasteiger partial charge is 0.473 e. The molecule has 0 N–H and O–H groups in total. The fourth-order valence-corrected chi connectivity index (χ4v) is 5.20. The lowest BCUT2D eigenvalue weighted by Crippen LogP contribution is -2.31. The van der Waals surface area contributed by atoms with Crippen LogP contribution in [0, 0.1) is 13.8 Å². The zero-order chi connectivity index (χ0) is 18.2. The second-order valence-electron chi connectivity index (χ2n) is 6.02. The maximum atomic E-state index is 13.0. The number of pyridine rings is 1. The third-order valence-electron chi connectivity index (χ3n) is 4.31. The first-order valence-corrected chi connectivity index (χ1v) is 10.4. The predicted molar refractivity (Wildman–Crippen MR) is 97.1 cm³/mol. The van der Waals surface area contributed by atoms with E-state index in [0.29, 0.717) is 48.2 Å². The maximum Gasteiger partial charge on any atom is 0.246 e. The van der Waals surface area contributed by atoms with Crippen molar-refractivity contribution in [2.24, 2.45) is 0 Å². The summed E-state index contributed by atoms with van der Waals surface area (Å²) in [7, 11) is -3.58. The normalized spacial score (nSPS) is 18.6. The number of ether oxygens (including phenoxy) is 1. The molecule has 9 heteroatoms. The van der Waals surface area contributed by atoms with E-state index in [1.165, 1.54) is 4.31 Å². The number of aromatic nitrogens is 3. The Bertz CT molecular complexity index is 864. The highest BCUT2D eigenvalue weighted by Gasteiger charge is 2.37. The van der Waals surface area contributed by atoms with Gasteiger partial charge in [-0.05, 0) is 49.2 Å². The van der Waals surface area contributed by atoms with E-state index in [9.17, 15) is 8.42 Å². The Morgan fingerprint density at radius 2 is 2.12 bits per heavy atom. The second kappa shape index (κ2) is 7.05. The molecule has 0 saturated carbocycles. The van der Waals surface area contributed by atoms with Crippen LogP contribution in [-0.4, -0.2) is 46.7 Å². The topological polar surface area (TPSA) is 77.3 Å². The predicted octanol–water partition coefficient (Wildman–Crippen LogP) is 2.52. The van der Waals surface area contributed by atoms with Gasteiger partial charge in [-0.15, -0.1) is 0 Å². The van der Waals surface area contributed by atoms with Crippen LogP contribution in [0.3, 0.4) is 0 Å². The summed E-state index contributed by atoms with van der Waals surface area (Å²) in [5.41, 5.74) is 1.22. The minimum absolute atomic E-state index is 0.203. The molecular formula is C16H21BrN4O3S. The van der Waals surface area contributed by atoms with Crippen LogP contribution in [0.1, 0.15) is 24.7 Å². The van der Waals surface area contributed by atoms with Gasteiger partial charge in [0.2, 0.25) is 15.9 Å². The van der Waals surface area contributed by atoms with Crippen molar-refractivity contribution in [2.75, 3.05) is 13.1 Å². The summed E-state index contributed by atoms with van der Waals surface area (Å²) in [5.74, 6) is 0.499. The Labute approximate surface area is 156 Å². The highest BCUT2D eigenvalue weighted by molar-refractivity contribution is 9.10. The van der Waals surface area contributed by atoms with Gasteiger partial charge in [0.25, 0.3) is 0 Å². The summed E-state index contributed by atoms with van der Waals surface area (Å²) in [5, 5.41) is 4.33. The lowest BCUT2D eigenvalue weighted by Gasteiger charge is -2.17. The number of halogens is 1. The zero-order valence-electron chi connectivity index (χ0n) is 14.4. The molecule has 1 aliphatic heterocycles. The number of hydrogen-bond acceptors (Lipinski definition) is 5. The van der Waals surface area contributed by atoms with Gasteiger partial charge in [-0.25, -0.2) is 13.4 Å². The molecule has 0 spiro atoms. The Hall–Kier alpha value is -1.45. The van der Waals surface area contributed by atoms with Crippen molar-refractivity contribution in [3.05, 3.63) is 34.2 Å². The molecule has 1 aliphatic rings. The lowest BCUT2D eigenvalue weighted by molar-refractivity contribution is 0.207. The zero-order valence-corrected chi connectivity index (χ0v) is 16.8. The van der Waals surface area contributed by atoms with E-state index < -0.39 is 10.0 Å². The van der Waals surface area contributed by atoms with Gasteiger partial charge >= 0.3 is 0 Å². The standard InChI is InChI=1S/C16H21BrN4O3S/c1-4-21-12(3)16(11(2)19-21)25(22,23)20-8-7-14(10-20)24-15-6-5-13(17)9-18-15/h5-6,9,14H,4,7-8,10H2,1-3H3. The molecule has 1 unspecified atom stereocenters. The number of hydrogen-bond donors (Lipinski definition) is 0. The van der Waals surface area contributed by atoms with Gasteiger partial charge in [0.05, 0.1) is 17.9 Å². The van der Waals surface area contributed by atoms with Crippen molar-refractivity contribution < 1.29 is 13.2 Å². The van der Waals surface area contributed by atoms with Crippen molar-refractivity contribution in [1.29, 1.82) is 0 Å². The molecule has 0 radical (unpaired) electrons. The maximum absolute atomic E-state index is 13.0. The molecule has 136 valence electrons. The molecule has 3 rings (SSSR count). The van der Waals surface area contributed by atoms with Crippen LogP contribution in [0.25, 0.3) is 0 Å². The fraction of sp³-hybridized carbons (Fsp3) is 0.500. The summed E-state index contributed by atoms with van der Waals surface area (Å²) < 4.78 is 36.0. The Morgan fingerprint density at radius 1 is 1.36 bits per heavy atom. The summed E-state index contributed by atoms with van der Waals surface area (Å²) in [6.45, 7) is 6.87. The van der Waals surface area contributed by atoms with E-state index in [-0.39, 0.29) is 6.10 Å². The van der Waals surface area contributed by atoms with E-state index in [4.69, 9.17) is 4.74 Å². The molecule has 1 atom stereocenters. The van der Waals surface area contributed by atoms with Crippen molar-refractivity contribution in [3.8, 4) is 5.88 Å². The van der Waals surface area contributed by atoms with Crippen LogP contribution in [-0.2, 0) is 16.6 Å². The molecule has 25 heavy (non-hydrogen) atoms. The van der Waals surface area contributed by atoms with Gasteiger partial charge in [-0.3, -0.25) is 4.68 Å². The molecule has 0 bridgehead atoms. The average Bonchev–Trinajstić information content (AvgIpc) is 3.14. The third-order valence-corrected chi connectivity index (χ3v) is 6.90. The van der Waals surface area contributed by atoms with E-state index in [1.54, 1.807) is 30.8 Å². The van der Waals surface area contributed by atoms with Gasteiger partial charge < -0.3 is 4.74 Å². The van der Waals surface area contributed by atoms with Crippen molar-refractivity contribution >= 4 is 26.0 Å². The highest BCUT2D eigenvalue weighted by atomic mass is 79.9. The second-order valence-corrected chi connectivity index (χ2v) is 8.81. The smallest absolute Gasteiger partial charge is 0.246 e. The Kier molecular flexibility index (Phi) is 5.17. The van der Waals surface area contributed by atoms with Crippen LogP contribution in [0.2, 0.25) is 0 Å². The van der Waals surface area contributed by atoms with Gasteiger partial charge in [0, 0.05) is 29.8 Å². The van der Waals surface area contributed by atoms with Crippen LogP contribution in [0.5, 0.6) is 5.88 Å². The fourth-order valence-electron chi connectivity index (χ4n) is 3.11. The van der Waals surface area contributed by atoms with Gasteiger partial charge in [-0.1, -0.05) is 0 Å². The summed E-state index contributed by atoms with van der Waals surface area (Å²) in [6, 6.07) is 3.61. The van der Waals surface area contributed by atoms with E-state index in [1.807, 2.05) is 13.0 Å². The van der Waals surface area contributed by atoms with E-state index >= 15 is 0 Å². The monoisotopic (exact) mass is 428 g/mol. The van der Waals surface area contributed by atoms with Gasteiger partial charge in [0.1, 0.15) is 11.0 Å². The molecule has 0 aromatic carbocycles. The average molecular weight is 429 g/mol. The number of rotatable bonds is 5. The van der Waals surface area contributed by atoms with E-state index in [0.717, 1.165) is 4.47 Å². The minimum Gasteiger partial charge on any atom is -0.473 e. The van der Waals surface area contributed by atoms with Gasteiger partial charge in [-0.2, -0.15) is 9.40 Å². The van der Waals surface area contributed by atoms with Crippen LogP contribution in [0.4, 0.5) is 0 Å². The number of sulfonamides is 1. The highest BCUT2D eigenvalue weighted by Crippen LogP contribution is 2.27. The molecule has 7 nitrogen and oxygen atoms in total. The van der Waals surface area contributed by atoms with Crippen LogP contribution < -0.4 is 4.74 Å². The van der Waals surface area contributed by atoms with Crippen LogP contribution >= 0.6 is 15.9 Å². The van der Waals surface area contributed by atoms with Crippen molar-refractivity contribution in [1.82, 2.24) is 19.1 Å². The summed E-state index contributed by atoms with van der Waals surface area (Å²) in [4.78, 5) is 4.50. The molecule has 0 aliphatic carbocycles. The molecule has 1 saturated heterocycles. The van der Waals surface area contributed by atoms with Crippen molar-refractivity contribution in [3.63, 3.8) is 0 Å². The number of nitrogens with zero attached hydrogens (tertiary/aromatic N) is 4. The minimum atomic E-state index is -3.58. The SMILES string of the molecule is CCn1nc(C)c(S(=O)(=O)N2CCC(Oc3ccc(Br)cn3)C2)c1C. The molecular weight excluding hydrogens is 408 g/mol. The molecule has 2 aromatic rings. The Morgan fingerprint density at radius 3 is 2.72 bits per heavy atom. The van der Waals surface area contributed by atoms with Crippen molar-refractivity contribution in [2.45, 2.75) is 44.7 Å². The summed E-state index contributed by atoms with van der Waals surface area (Å²) in [6.07, 6.45) is 2.09. The van der Waals surface area contributed by atoms with Crippen LogP contribution in [0.15, 0.2) is 27.7 Å². The molecule has 3 heterocycles. The quantitative estimate of drug-likeness (QED) is 0.730. The molecule has 2 aromatic heterocycles. The summed E-state index contributed by atoms with van der Waals surface area (Å²) >= 11 is 3.33. The van der Waals surface area contributed by atoms with E-state index in [2.05, 4.69) is 26.0 Å². The molecule has 1 fully saturated rings. The first kappa shape index (κ1) is 18.3. The first-order chi connectivity index (χ1) is 11.8. The lowest BCUT2D eigenvalue weighted by atomic mass is 10.3. The van der Waals surface area contributed by atoms with Gasteiger partial charge in [0.15, 0.2) is 0 Å². The third kappa shape index (κ3) is 3.58. The molecule has 0 amide bonds.